The van der Waals surface area contributed by atoms with Gasteiger partial charge in [-0.1, -0.05) is 23.7 Å². The molecule has 0 aliphatic rings. The summed E-state index contributed by atoms with van der Waals surface area (Å²) in [5.74, 6) is 0. The molecule has 0 radical (unpaired) electrons. The van der Waals surface area contributed by atoms with Crippen LogP contribution in [0.2, 0.25) is 5.02 Å². The molecule has 0 atom stereocenters. The van der Waals surface area contributed by atoms with Crippen LogP contribution >= 0.6 is 11.6 Å². The zero-order valence-corrected chi connectivity index (χ0v) is 9.15. The molecule has 0 unspecified atom stereocenters. The Bertz CT molecular complexity index is 607. The fourth-order valence-corrected chi connectivity index (χ4v) is 1.96. The summed E-state index contributed by atoms with van der Waals surface area (Å²) in [4.78, 5) is 2.25. The fraction of sp³-hybridized carbons (Fsp3) is 0.182. The van der Waals surface area contributed by atoms with Crippen LogP contribution in [0.1, 0.15) is 11.3 Å². The number of nitrogens with zero attached hydrogens (tertiary/aromatic N) is 1. The van der Waals surface area contributed by atoms with Crippen LogP contribution in [-0.4, -0.2) is 4.98 Å². The largest absolute Gasteiger partial charge is 0.431 e. The van der Waals surface area contributed by atoms with Crippen molar-refractivity contribution in [3.8, 4) is 6.07 Å². The molecule has 0 amide bonds. The molecule has 0 aliphatic heterocycles. The number of hydrogen-bond donors (Lipinski definition) is 1. The van der Waals surface area contributed by atoms with E-state index in [1.165, 1.54) is 12.1 Å². The van der Waals surface area contributed by atoms with Crippen molar-refractivity contribution >= 4 is 22.5 Å². The average molecular weight is 259 g/mol. The summed E-state index contributed by atoms with van der Waals surface area (Å²) in [6.07, 6.45) is -4.83. The quantitative estimate of drug-likeness (QED) is 0.828. The maximum absolute atomic E-state index is 12.8. The van der Waals surface area contributed by atoms with Gasteiger partial charge in [-0.3, -0.25) is 0 Å². The van der Waals surface area contributed by atoms with E-state index in [2.05, 4.69) is 4.98 Å². The molecule has 1 heterocycles. The maximum atomic E-state index is 12.8. The number of H-pyrrole nitrogens is 1. The van der Waals surface area contributed by atoms with E-state index in [-0.39, 0.29) is 22.5 Å². The van der Waals surface area contributed by atoms with E-state index < -0.39 is 11.9 Å². The van der Waals surface area contributed by atoms with Crippen LogP contribution < -0.4 is 0 Å². The van der Waals surface area contributed by atoms with Gasteiger partial charge in [0.15, 0.2) is 0 Å². The Labute approximate surface area is 99.6 Å². The van der Waals surface area contributed by atoms with E-state index in [4.69, 9.17) is 16.9 Å². The summed E-state index contributed by atoms with van der Waals surface area (Å²) >= 11 is 5.81. The predicted molar refractivity (Wildman–Crippen MR) is 57.6 cm³/mol. The number of hydrogen-bond acceptors (Lipinski definition) is 1. The highest BCUT2D eigenvalue weighted by atomic mass is 35.5. The smallest absolute Gasteiger partial charge is 0.350 e. The molecule has 0 fully saturated rings. The second kappa shape index (κ2) is 3.97. The number of fused-ring (bicyclic) bond motifs is 1. The van der Waals surface area contributed by atoms with Crippen molar-refractivity contribution in [1.29, 1.82) is 5.26 Å². The van der Waals surface area contributed by atoms with Crippen LogP contribution in [-0.2, 0) is 12.6 Å². The Balaban J connectivity index is 2.81. The minimum Gasteiger partial charge on any atom is -0.350 e. The van der Waals surface area contributed by atoms with Crippen molar-refractivity contribution in [3.05, 3.63) is 34.5 Å². The molecule has 0 bridgehead atoms. The molecule has 0 saturated carbocycles. The SMILES string of the molecule is N#CCc1c(C(F)(F)F)[nH]c2c(Cl)cccc12. The number of benzene rings is 1. The summed E-state index contributed by atoms with van der Waals surface area (Å²) in [5.41, 5.74) is -0.744. The highest BCUT2D eigenvalue weighted by molar-refractivity contribution is 6.35. The monoisotopic (exact) mass is 258 g/mol. The first-order chi connectivity index (χ1) is 7.95. The minimum atomic E-state index is -4.52. The van der Waals surface area contributed by atoms with Crippen molar-refractivity contribution in [1.82, 2.24) is 4.98 Å². The first-order valence-corrected chi connectivity index (χ1v) is 5.06. The number of aromatic amines is 1. The minimum absolute atomic E-state index is 0.0579. The van der Waals surface area contributed by atoms with E-state index in [9.17, 15) is 13.2 Å². The fourth-order valence-electron chi connectivity index (χ4n) is 1.74. The van der Waals surface area contributed by atoms with Gasteiger partial charge in [0.05, 0.1) is 23.0 Å². The molecule has 88 valence electrons. The van der Waals surface area contributed by atoms with Gasteiger partial charge in [-0.15, -0.1) is 0 Å². The standard InChI is InChI=1S/C11H6ClF3N2/c12-8-3-1-2-6-7(4-5-16)10(11(13,14)15)17-9(6)8/h1-3,17H,4H2. The van der Waals surface area contributed by atoms with Gasteiger partial charge in [-0.2, -0.15) is 18.4 Å². The van der Waals surface area contributed by atoms with Crippen LogP contribution in [0, 0.1) is 11.3 Å². The first kappa shape index (κ1) is 11.8. The van der Waals surface area contributed by atoms with Gasteiger partial charge in [0.1, 0.15) is 5.69 Å². The second-order valence-electron chi connectivity index (χ2n) is 3.47. The van der Waals surface area contributed by atoms with Crippen molar-refractivity contribution in [2.75, 3.05) is 0 Å². The van der Waals surface area contributed by atoms with Crippen LogP contribution in [0.4, 0.5) is 13.2 Å². The van der Waals surface area contributed by atoms with Crippen molar-refractivity contribution in [3.63, 3.8) is 0 Å². The van der Waals surface area contributed by atoms with E-state index in [0.29, 0.717) is 5.39 Å². The molecule has 0 spiro atoms. The molecular formula is C11H6ClF3N2. The molecular weight excluding hydrogens is 253 g/mol. The third-order valence-corrected chi connectivity index (χ3v) is 2.74. The Hall–Kier alpha value is -1.67. The van der Waals surface area contributed by atoms with Crippen molar-refractivity contribution < 1.29 is 13.2 Å². The van der Waals surface area contributed by atoms with Gasteiger partial charge < -0.3 is 4.98 Å². The van der Waals surface area contributed by atoms with Gasteiger partial charge in [-0.05, 0) is 6.07 Å². The normalized spacial score (nSPS) is 11.7. The summed E-state index contributed by atoms with van der Waals surface area (Å²) in [7, 11) is 0. The third kappa shape index (κ3) is 1.96. The molecule has 1 aromatic heterocycles. The Morgan fingerprint density at radius 2 is 2.06 bits per heavy atom. The van der Waals surface area contributed by atoms with Gasteiger partial charge in [0, 0.05) is 10.9 Å². The summed E-state index contributed by atoms with van der Waals surface area (Å²) < 4.78 is 38.3. The Morgan fingerprint density at radius 1 is 1.35 bits per heavy atom. The van der Waals surface area contributed by atoms with Gasteiger partial charge in [0.2, 0.25) is 0 Å². The molecule has 17 heavy (non-hydrogen) atoms. The summed E-state index contributed by atoms with van der Waals surface area (Å²) in [5, 5.41) is 9.14. The van der Waals surface area contributed by atoms with E-state index in [1.807, 2.05) is 0 Å². The van der Waals surface area contributed by atoms with Gasteiger partial charge in [-0.25, -0.2) is 0 Å². The number of aromatic nitrogens is 1. The van der Waals surface area contributed by atoms with Gasteiger partial charge in [0.25, 0.3) is 0 Å². The van der Waals surface area contributed by atoms with E-state index in [1.54, 1.807) is 12.1 Å². The molecule has 6 heteroatoms. The zero-order chi connectivity index (χ0) is 12.6. The first-order valence-electron chi connectivity index (χ1n) is 4.68. The van der Waals surface area contributed by atoms with Gasteiger partial charge >= 0.3 is 6.18 Å². The van der Waals surface area contributed by atoms with Crippen molar-refractivity contribution in [2.24, 2.45) is 0 Å². The molecule has 0 aliphatic carbocycles. The third-order valence-electron chi connectivity index (χ3n) is 2.43. The molecule has 0 saturated heterocycles. The lowest BCUT2D eigenvalue weighted by Crippen LogP contribution is -2.08. The lowest BCUT2D eigenvalue weighted by molar-refractivity contribution is -0.141. The van der Waals surface area contributed by atoms with Crippen LogP contribution in [0.5, 0.6) is 0 Å². The van der Waals surface area contributed by atoms with Crippen LogP contribution in [0.25, 0.3) is 10.9 Å². The van der Waals surface area contributed by atoms with E-state index >= 15 is 0 Å². The lowest BCUT2D eigenvalue weighted by Gasteiger charge is -2.05. The zero-order valence-electron chi connectivity index (χ0n) is 8.40. The van der Waals surface area contributed by atoms with Crippen LogP contribution in [0.3, 0.4) is 0 Å². The number of rotatable bonds is 1. The molecule has 1 N–H and O–H groups in total. The van der Waals surface area contributed by atoms with E-state index in [0.717, 1.165) is 0 Å². The molecule has 1 aromatic carbocycles. The highest BCUT2D eigenvalue weighted by Crippen LogP contribution is 2.37. The predicted octanol–water partition coefficient (Wildman–Crippen LogP) is 3.91. The maximum Gasteiger partial charge on any atom is 0.431 e. The lowest BCUT2D eigenvalue weighted by atomic mass is 10.1. The average Bonchev–Trinajstić information content (AvgIpc) is 2.59. The number of para-hydroxylation sites is 1. The number of nitrogens with one attached hydrogen (secondary N) is 1. The topological polar surface area (TPSA) is 39.6 Å². The summed E-state index contributed by atoms with van der Waals surface area (Å²) in [6, 6.07) is 6.30. The number of alkyl halides is 3. The number of halogens is 4. The molecule has 2 rings (SSSR count). The summed E-state index contributed by atoms with van der Waals surface area (Å²) in [6.45, 7) is 0. The Morgan fingerprint density at radius 3 is 2.65 bits per heavy atom. The molecule has 2 nitrogen and oxygen atoms in total. The van der Waals surface area contributed by atoms with Crippen molar-refractivity contribution in [2.45, 2.75) is 12.6 Å². The Kier molecular flexibility index (Phi) is 2.76. The highest BCUT2D eigenvalue weighted by Gasteiger charge is 2.36. The number of nitriles is 1. The molecule has 2 aromatic rings. The second-order valence-corrected chi connectivity index (χ2v) is 3.88. The van der Waals surface area contributed by atoms with Crippen LogP contribution in [0.15, 0.2) is 18.2 Å².